The number of nitrogens with zero attached hydrogens (tertiary/aromatic N) is 1. The summed E-state index contributed by atoms with van der Waals surface area (Å²) in [5.41, 5.74) is 9.90. The molecule has 272 valence electrons. The predicted octanol–water partition coefficient (Wildman–Crippen LogP) is 2.94. The molecule has 0 bridgehead atoms. The van der Waals surface area contributed by atoms with Gasteiger partial charge in [-0.25, -0.2) is 4.39 Å². The number of carbonyl (C=O) groups excluding carboxylic acids is 1. The SMILES string of the molecule is COc1ccc(C2C(CCC(O)c3ccc(F)cc3)C(=O)N2c2ccc(OCc3ccc(CC(N)C(O)C(O)C(O)C(O)CO)cc3)cc2)cc1. The number of aliphatic hydroxyl groups excluding tert-OH is 6. The van der Waals surface area contributed by atoms with E-state index < -0.39 is 43.2 Å². The first-order chi connectivity index (χ1) is 24.5. The second kappa shape index (κ2) is 17.2. The number of anilines is 1. The Bertz CT molecular complexity index is 1690. The molecule has 4 aromatic carbocycles. The summed E-state index contributed by atoms with van der Waals surface area (Å²) in [6, 6.07) is 26.6. The van der Waals surface area contributed by atoms with Gasteiger partial charge in [-0.3, -0.25) is 4.79 Å². The summed E-state index contributed by atoms with van der Waals surface area (Å²) in [6.45, 7) is -0.514. The maximum absolute atomic E-state index is 13.6. The van der Waals surface area contributed by atoms with Crippen LogP contribution in [0.25, 0.3) is 0 Å². The molecule has 5 rings (SSSR count). The molecule has 8 unspecified atom stereocenters. The van der Waals surface area contributed by atoms with Crippen LogP contribution in [0.3, 0.4) is 0 Å². The molecule has 1 fully saturated rings. The number of halogens is 1. The van der Waals surface area contributed by atoms with Crippen LogP contribution in [0.5, 0.6) is 11.5 Å². The highest BCUT2D eigenvalue weighted by Gasteiger charge is 2.48. The Morgan fingerprint density at radius 3 is 2.00 bits per heavy atom. The molecule has 0 spiro atoms. The molecule has 1 aliphatic rings. The minimum atomic E-state index is -1.75. The summed E-state index contributed by atoms with van der Waals surface area (Å²) in [7, 11) is 1.59. The van der Waals surface area contributed by atoms with Gasteiger partial charge < -0.3 is 50.7 Å². The number of carbonyl (C=O) groups is 1. The number of methoxy groups -OCH3 is 1. The largest absolute Gasteiger partial charge is 0.497 e. The zero-order chi connectivity index (χ0) is 36.7. The van der Waals surface area contributed by atoms with Crippen LogP contribution in [0.15, 0.2) is 97.1 Å². The minimum Gasteiger partial charge on any atom is -0.497 e. The topological polar surface area (TPSA) is 186 Å². The number of hydrogen-bond acceptors (Lipinski definition) is 10. The molecule has 8 atom stereocenters. The Hall–Kier alpha value is -4.40. The van der Waals surface area contributed by atoms with Crippen molar-refractivity contribution in [2.75, 3.05) is 18.6 Å². The van der Waals surface area contributed by atoms with Gasteiger partial charge in [-0.1, -0.05) is 48.5 Å². The van der Waals surface area contributed by atoms with E-state index in [9.17, 15) is 34.7 Å². The van der Waals surface area contributed by atoms with Crippen LogP contribution in [-0.4, -0.2) is 80.7 Å². The number of aliphatic hydroxyl groups is 6. The Balaban J connectivity index is 1.19. The van der Waals surface area contributed by atoms with Crippen LogP contribution in [0, 0.1) is 11.7 Å². The molecule has 11 nitrogen and oxygen atoms in total. The Labute approximate surface area is 295 Å². The smallest absolute Gasteiger partial charge is 0.233 e. The molecule has 8 N–H and O–H groups in total. The van der Waals surface area contributed by atoms with E-state index in [0.717, 1.165) is 16.7 Å². The highest BCUT2D eigenvalue weighted by Crippen LogP contribution is 2.46. The van der Waals surface area contributed by atoms with Gasteiger partial charge in [0.05, 0.1) is 37.9 Å². The van der Waals surface area contributed by atoms with Crippen molar-refractivity contribution in [1.29, 1.82) is 0 Å². The van der Waals surface area contributed by atoms with Crippen molar-refractivity contribution in [2.45, 2.75) is 68.5 Å². The lowest BCUT2D eigenvalue weighted by molar-refractivity contribution is -0.131. The van der Waals surface area contributed by atoms with Gasteiger partial charge in [0.1, 0.15) is 42.2 Å². The van der Waals surface area contributed by atoms with Gasteiger partial charge in [0.2, 0.25) is 5.91 Å². The second-order valence-corrected chi connectivity index (χ2v) is 12.9. The quantitative estimate of drug-likeness (QED) is 0.0807. The van der Waals surface area contributed by atoms with Crippen molar-refractivity contribution in [3.05, 3.63) is 125 Å². The van der Waals surface area contributed by atoms with Crippen LogP contribution in [0.2, 0.25) is 0 Å². The first-order valence-electron chi connectivity index (χ1n) is 16.8. The molecule has 1 amide bonds. The first-order valence-corrected chi connectivity index (χ1v) is 16.8. The normalized spacial score (nSPS) is 19.4. The van der Waals surface area contributed by atoms with Crippen LogP contribution >= 0.6 is 0 Å². The minimum absolute atomic E-state index is 0.0587. The standard InChI is InChI=1S/C39H45FN2O9/c1-50-29-14-8-26(9-15-29)35-31(18-19-33(44)25-6-10-27(40)11-7-25)39(49)42(35)28-12-16-30(17-13-28)51-22-24-4-2-23(3-5-24)20-32(41)36(46)38(48)37(47)34(45)21-43/h2-17,31-38,43-48H,18-22,41H2,1H3. The van der Waals surface area contributed by atoms with E-state index in [1.54, 1.807) is 36.3 Å². The molecule has 1 heterocycles. The third-order valence-corrected chi connectivity index (χ3v) is 9.41. The van der Waals surface area contributed by atoms with E-state index in [4.69, 9.17) is 20.3 Å². The Morgan fingerprint density at radius 2 is 1.39 bits per heavy atom. The van der Waals surface area contributed by atoms with Crippen molar-refractivity contribution >= 4 is 11.6 Å². The number of ether oxygens (including phenoxy) is 2. The third kappa shape index (κ3) is 9.10. The average molecular weight is 705 g/mol. The second-order valence-electron chi connectivity index (χ2n) is 12.9. The lowest BCUT2D eigenvalue weighted by atomic mass is 9.78. The Morgan fingerprint density at radius 1 is 0.784 bits per heavy atom. The monoisotopic (exact) mass is 704 g/mol. The van der Waals surface area contributed by atoms with Gasteiger partial charge in [-0.15, -0.1) is 0 Å². The highest BCUT2D eigenvalue weighted by molar-refractivity contribution is 6.03. The van der Waals surface area contributed by atoms with Gasteiger partial charge in [0.15, 0.2) is 0 Å². The van der Waals surface area contributed by atoms with Gasteiger partial charge in [-0.2, -0.15) is 0 Å². The van der Waals surface area contributed by atoms with Crippen molar-refractivity contribution in [2.24, 2.45) is 11.7 Å². The van der Waals surface area contributed by atoms with E-state index in [0.29, 0.717) is 35.6 Å². The zero-order valence-electron chi connectivity index (χ0n) is 28.2. The van der Waals surface area contributed by atoms with E-state index in [-0.39, 0.29) is 36.7 Å². The van der Waals surface area contributed by atoms with E-state index in [1.807, 2.05) is 60.7 Å². The fourth-order valence-electron chi connectivity index (χ4n) is 6.31. The first kappa shape index (κ1) is 37.8. The number of nitrogens with two attached hydrogens (primary N) is 1. The molecule has 1 saturated heterocycles. The third-order valence-electron chi connectivity index (χ3n) is 9.41. The van der Waals surface area contributed by atoms with Gasteiger partial charge >= 0.3 is 0 Å². The Kier molecular flexibility index (Phi) is 12.8. The molecule has 0 aromatic heterocycles. The van der Waals surface area contributed by atoms with E-state index >= 15 is 0 Å². The van der Waals surface area contributed by atoms with Crippen LogP contribution in [0.1, 0.15) is 47.2 Å². The summed E-state index contributed by atoms with van der Waals surface area (Å²) in [5.74, 6) is 0.498. The van der Waals surface area contributed by atoms with Gasteiger partial charge in [-0.05, 0) is 90.0 Å². The predicted molar refractivity (Wildman–Crippen MR) is 187 cm³/mol. The molecule has 0 aliphatic carbocycles. The zero-order valence-corrected chi connectivity index (χ0v) is 28.2. The highest BCUT2D eigenvalue weighted by atomic mass is 19.1. The number of hydrogen-bond donors (Lipinski definition) is 7. The van der Waals surface area contributed by atoms with Crippen LogP contribution in [0.4, 0.5) is 10.1 Å². The summed E-state index contributed by atoms with van der Waals surface area (Å²) < 4.78 is 24.7. The van der Waals surface area contributed by atoms with Crippen molar-refractivity contribution < 1.29 is 49.3 Å². The molecule has 51 heavy (non-hydrogen) atoms. The van der Waals surface area contributed by atoms with E-state index in [1.165, 1.54) is 12.1 Å². The maximum atomic E-state index is 13.6. The summed E-state index contributed by atoms with van der Waals surface area (Å²) in [6.07, 6.45) is -6.47. The van der Waals surface area contributed by atoms with Crippen molar-refractivity contribution in [3.63, 3.8) is 0 Å². The number of benzene rings is 4. The summed E-state index contributed by atoms with van der Waals surface area (Å²) in [5, 5.41) is 59.5. The average Bonchev–Trinajstić information content (AvgIpc) is 3.16. The number of rotatable bonds is 17. The molecule has 12 heteroatoms. The lowest BCUT2D eigenvalue weighted by Crippen LogP contribution is -2.55. The molecule has 0 radical (unpaired) electrons. The molecule has 1 aliphatic heterocycles. The molecule has 0 saturated carbocycles. The van der Waals surface area contributed by atoms with Crippen LogP contribution < -0.4 is 20.1 Å². The number of amides is 1. The molecular weight excluding hydrogens is 659 g/mol. The van der Waals surface area contributed by atoms with Gasteiger partial charge in [0.25, 0.3) is 0 Å². The lowest BCUT2D eigenvalue weighted by Gasteiger charge is -2.48. The fraction of sp³-hybridized carbons (Fsp3) is 0.359. The fourth-order valence-corrected chi connectivity index (χ4v) is 6.31. The van der Waals surface area contributed by atoms with Crippen molar-refractivity contribution in [3.8, 4) is 11.5 Å². The molecular formula is C39H45FN2O9. The summed E-state index contributed by atoms with van der Waals surface area (Å²) in [4.78, 5) is 15.3. The van der Waals surface area contributed by atoms with E-state index in [2.05, 4.69) is 0 Å². The summed E-state index contributed by atoms with van der Waals surface area (Å²) >= 11 is 0. The van der Waals surface area contributed by atoms with Crippen molar-refractivity contribution in [1.82, 2.24) is 0 Å². The number of β-lactam (4-membered cyclic amide) rings is 1. The van der Waals surface area contributed by atoms with Crippen LogP contribution in [-0.2, 0) is 17.8 Å². The van der Waals surface area contributed by atoms with Gasteiger partial charge in [0, 0.05) is 11.7 Å². The maximum Gasteiger partial charge on any atom is 0.233 e. The molecule has 4 aromatic rings.